The van der Waals surface area contributed by atoms with Gasteiger partial charge in [-0.1, -0.05) is 20.8 Å². The van der Waals surface area contributed by atoms with E-state index in [-0.39, 0.29) is 5.92 Å². The third-order valence-corrected chi connectivity index (χ3v) is 2.00. The Hall–Kier alpha value is -0.180. The first-order valence-corrected chi connectivity index (χ1v) is 3.78. The summed E-state index contributed by atoms with van der Waals surface area (Å²) in [5, 5.41) is 0. The molecule has 0 heterocycles. The summed E-state index contributed by atoms with van der Waals surface area (Å²) in [4.78, 5) is 0. The molecule has 0 spiro atoms. The smallest absolute Gasteiger partial charge is 0.273 e. The lowest BCUT2D eigenvalue weighted by molar-refractivity contribution is -0.114. The van der Waals surface area contributed by atoms with E-state index in [0.717, 1.165) is 0 Å². The zero-order chi connectivity index (χ0) is 9.07. The standard InChI is InChI=1S/C8H16F2O/c1-6(2)7(3)8(9,10)5-11-4/h6-7H,5H2,1-4H3. The van der Waals surface area contributed by atoms with Crippen LogP contribution in [0.5, 0.6) is 0 Å². The van der Waals surface area contributed by atoms with Crippen LogP contribution in [0.15, 0.2) is 0 Å². The minimum absolute atomic E-state index is 0.0138. The summed E-state index contributed by atoms with van der Waals surface area (Å²) in [6.45, 7) is 4.64. The van der Waals surface area contributed by atoms with Gasteiger partial charge in [-0.2, -0.15) is 0 Å². The maximum Gasteiger partial charge on any atom is 0.273 e. The Kier molecular flexibility index (Phi) is 3.93. The Morgan fingerprint density at radius 3 is 2.00 bits per heavy atom. The van der Waals surface area contributed by atoms with Crippen molar-refractivity contribution in [2.75, 3.05) is 13.7 Å². The molecule has 0 saturated heterocycles. The van der Waals surface area contributed by atoms with Crippen LogP contribution in [0.1, 0.15) is 20.8 Å². The van der Waals surface area contributed by atoms with Crippen LogP contribution >= 0.6 is 0 Å². The van der Waals surface area contributed by atoms with Crippen LogP contribution in [0.4, 0.5) is 8.78 Å². The Morgan fingerprint density at radius 2 is 1.73 bits per heavy atom. The maximum atomic E-state index is 12.9. The summed E-state index contributed by atoms with van der Waals surface area (Å²) < 4.78 is 30.3. The minimum Gasteiger partial charge on any atom is -0.378 e. The zero-order valence-electron chi connectivity index (χ0n) is 7.53. The van der Waals surface area contributed by atoms with Crippen LogP contribution < -0.4 is 0 Å². The molecule has 0 radical (unpaired) electrons. The SMILES string of the molecule is COCC(F)(F)C(C)C(C)C. The Morgan fingerprint density at radius 1 is 1.27 bits per heavy atom. The van der Waals surface area contributed by atoms with Crippen LogP contribution in [0.3, 0.4) is 0 Å². The first-order valence-electron chi connectivity index (χ1n) is 3.78. The van der Waals surface area contributed by atoms with Gasteiger partial charge in [0.2, 0.25) is 0 Å². The third kappa shape index (κ3) is 3.14. The fourth-order valence-electron chi connectivity index (χ4n) is 0.812. The van der Waals surface area contributed by atoms with E-state index in [0.29, 0.717) is 0 Å². The third-order valence-electron chi connectivity index (χ3n) is 2.00. The number of halogens is 2. The highest BCUT2D eigenvalue weighted by molar-refractivity contribution is 4.75. The van der Waals surface area contributed by atoms with Crippen molar-refractivity contribution in [3.8, 4) is 0 Å². The van der Waals surface area contributed by atoms with Gasteiger partial charge in [-0.25, -0.2) is 8.78 Å². The second-order valence-corrected chi connectivity index (χ2v) is 3.23. The van der Waals surface area contributed by atoms with Crippen LogP contribution in [0.25, 0.3) is 0 Å². The van der Waals surface area contributed by atoms with Gasteiger partial charge in [0.1, 0.15) is 6.61 Å². The van der Waals surface area contributed by atoms with E-state index in [1.165, 1.54) is 7.11 Å². The highest BCUT2D eigenvalue weighted by Crippen LogP contribution is 2.29. The summed E-state index contributed by atoms with van der Waals surface area (Å²) in [5.74, 6) is -3.33. The van der Waals surface area contributed by atoms with Crippen LogP contribution in [0, 0.1) is 11.8 Å². The van der Waals surface area contributed by atoms with Crippen LogP contribution in [-0.2, 0) is 4.74 Å². The lowest BCUT2D eigenvalue weighted by Gasteiger charge is -2.25. The highest BCUT2D eigenvalue weighted by atomic mass is 19.3. The van der Waals surface area contributed by atoms with Crippen molar-refractivity contribution in [3.63, 3.8) is 0 Å². The van der Waals surface area contributed by atoms with E-state index in [9.17, 15) is 8.78 Å². The number of hydrogen-bond acceptors (Lipinski definition) is 1. The van der Waals surface area contributed by atoms with E-state index in [1.54, 1.807) is 20.8 Å². The summed E-state index contributed by atoms with van der Waals surface area (Å²) in [6.07, 6.45) is 0. The average molecular weight is 166 g/mol. The number of rotatable bonds is 4. The molecule has 0 aliphatic rings. The zero-order valence-corrected chi connectivity index (χ0v) is 7.53. The van der Waals surface area contributed by atoms with E-state index < -0.39 is 18.4 Å². The number of alkyl halides is 2. The molecule has 0 fully saturated rings. The Balaban J connectivity index is 4.05. The van der Waals surface area contributed by atoms with Crippen LogP contribution in [0.2, 0.25) is 0 Å². The van der Waals surface area contributed by atoms with Crippen molar-refractivity contribution < 1.29 is 13.5 Å². The van der Waals surface area contributed by atoms with Gasteiger partial charge in [0, 0.05) is 13.0 Å². The lowest BCUT2D eigenvalue weighted by atomic mass is 9.92. The van der Waals surface area contributed by atoms with Gasteiger partial charge in [0.05, 0.1) is 0 Å². The molecule has 0 aromatic rings. The minimum atomic E-state index is -2.69. The molecule has 68 valence electrons. The Labute approximate surface area is 66.7 Å². The molecule has 0 amide bonds. The first kappa shape index (κ1) is 10.8. The predicted molar refractivity (Wildman–Crippen MR) is 40.8 cm³/mol. The van der Waals surface area contributed by atoms with Gasteiger partial charge in [0.25, 0.3) is 5.92 Å². The van der Waals surface area contributed by atoms with Gasteiger partial charge in [-0.05, 0) is 5.92 Å². The van der Waals surface area contributed by atoms with E-state index in [2.05, 4.69) is 4.74 Å². The number of hydrogen-bond donors (Lipinski definition) is 0. The molecule has 1 nitrogen and oxygen atoms in total. The molecule has 1 unspecified atom stereocenters. The highest BCUT2D eigenvalue weighted by Gasteiger charge is 2.37. The van der Waals surface area contributed by atoms with Crippen molar-refractivity contribution in [1.29, 1.82) is 0 Å². The van der Waals surface area contributed by atoms with E-state index >= 15 is 0 Å². The normalized spacial score (nSPS) is 15.5. The van der Waals surface area contributed by atoms with Gasteiger partial charge >= 0.3 is 0 Å². The summed E-state index contributed by atoms with van der Waals surface area (Å²) >= 11 is 0. The topological polar surface area (TPSA) is 9.23 Å². The van der Waals surface area contributed by atoms with Gasteiger partial charge in [0.15, 0.2) is 0 Å². The summed E-state index contributed by atoms with van der Waals surface area (Å²) in [5.41, 5.74) is 0. The molecule has 1 atom stereocenters. The molecule has 0 bridgehead atoms. The predicted octanol–water partition coefficient (Wildman–Crippen LogP) is 2.56. The fraction of sp³-hybridized carbons (Fsp3) is 1.00. The van der Waals surface area contributed by atoms with Crippen LogP contribution in [-0.4, -0.2) is 19.6 Å². The summed E-state index contributed by atoms with van der Waals surface area (Å²) in [6, 6.07) is 0. The van der Waals surface area contributed by atoms with E-state index in [4.69, 9.17) is 0 Å². The average Bonchev–Trinajstić information content (AvgIpc) is 1.86. The van der Waals surface area contributed by atoms with Crippen molar-refractivity contribution in [3.05, 3.63) is 0 Å². The van der Waals surface area contributed by atoms with Gasteiger partial charge < -0.3 is 4.74 Å². The maximum absolute atomic E-state index is 12.9. The molecule has 3 heteroatoms. The van der Waals surface area contributed by atoms with Crippen molar-refractivity contribution in [1.82, 2.24) is 0 Å². The lowest BCUT2D eigenvalue weighted by Crippen LogP contribution is -2.34. The van der Waals surface area contributed by atoms with Crippen molar-refractivity contribution in [2.45, 2.75) is 26.7 Å². The van der Waals surface area contributed by atoms with Gasteiger partial charge in [-0.3, -0.25) is 0 Å². The quantitative estimate of drug-likeness (QED) is 0.623. The molecule has 0 aromatic carbocycles. The first-order chi connectivity index (χ1) is 4.91. The van der Waals surface area contributed by atoms with Crippen molar-refractivity contribution in [2.24, 2.45) is 11.8 Å². The second kappa shape index (κ2) is 4.00. The molecular formula is C8H16F2O. The number of ether oxygens (including phenoxy) is 1. The number of methoxy groups -OCH3 is 1. The van der Waals surface area contributed by atoms with Crippen molar-refractivity contribution >= 4 is 0 Å². The monoisotopic (exact) mass is 166 g/mol. The van der Waals surface area contributed by atoms with Gasteiger partial charge in [-0.15, -0.1) is 0 Å². The molecule has 0 saturated carbocycles. The summed E-state index contributed by atoms with van der Waals surface area (Å²) in [7, 11) is 1.29. The molecule has 0 aliphatic heterocycles. The molecular weight excluding hydrogens is 150 g/mol. The molecule has 11 heavy (non-hydrogen) atoms. The molecule has 0 aliphatic carbocycles. The second-order valence-electron chi connectivity index (χ2n) is 3.23. The Bertz CT molecular complexity index is 113. The van der Waals surface area contributed by atoms with E-state index in [1.807, 2.05) is 0 Å². The molecule has 0 N–H and O–H groups in total. The molecule has 0 aromatic heterocycles. The fourth-order valence-corrected chi connectivity index (χ4v) is 0.812. The molecule has 0 rings (SSSR count). The largest absolute Gasteiger partial charge is 0.378 e.